The Morgan fingerprint density at radius 1 is 1.38 bits per heavy atom. The van der Waals surface area contributed by atoms with Gasteiger partial charge in [-0.2, -0.15) is 8.78 Å². The average molecular weight is 302 g/mol. The van der Waals surface area contributed by atoms with Gasteiger partial charge in [0, 0.05) is 11.1 Å². The molecule has 0 aliphatic heterocycles. The van der Waals surface area contributed by atoms with Crippen molar-refractivity contribution in [2.45, 2.75) is 19.3 Å². The highest BCUT2D eigenvalue weighted by Gasteiger charge is 2.40. The molecule has 0 fully saturated rings. The third-order valence-corrected chi connectivity index (χ3v) is 2.48. The lowest BCUT2D eigenvalue weighted by atomic mass is 10.1. The molecule has 114 valence electrons. The Kier molecular flexibility index (Phi) is 5.73. The van der Waals surface area contributed by atoms with Crippen molar-refractivity contribution in [1.29, 1.82) is 0 Å². The van der Waals surface area contributed by atoms with Gasteiger partial charge in [0.25, 0.3) is 5.91 Å². The summed E-state index contributed by atoms with van der Waals surface area (Å²) in [5, 5.41) is 1.79. The van der Waals surface area contributed by atoms with Gasteiger partial charge >= 0.3 is 12.3 Å². The van der Waals surface area contributed by atoms with Crippen LogP contribution in [0, 0.1) is 18.8 Å². The SMILES string of the molecule is Cc1cc(C#CCN)cc(C(=O)NCC(F)(F)C(F)F)c1. The van der Waals surface area contributed by atoms with Crippen molar-refractivity contribution in [2.75, 3.05) is 13.1 Å². The number of hydrogen-bond donors (Lipinski definition) is 2. The molecule has 3 nitrogen and oxygen atoms in total. The lowest BCUT2D eigenvalue weighted by Gasteiger charge is -2.15. The number of carbonyl (C=O) groups is 1. The second kappa shape index (κ2) is 7.09. The van der Waals surface area contributed by atoms with Crippen LogP contribution >= 0.6 is 0 Å². The first-order valence-corrected chi connectivity index (χ1v) is 6.01. The van der Waals surface area contributed by atoms with E-state index >= 15 is 0 Å². The van der Waals surface area contributed by atoms with Crippen LogP contribution in [0.15, 0.2) is 18.2 Å². The maximum atomic E-state index is 12.7. The standard InChI is InChI=1S/C14H14F4N2O/c1-9-5-10(3-2-4-19)7-11(6-9)12(21)20-8-14(17,18)13(15)16/h5-7,13H,4,8,19H2,1H3,(H,20,21). The Labute approximate surface area is 119 Å². The zero-order valence-corrected chi connectivity index (χ0v) is 11.2. The Balaban J connectivity index is 2.86. The van der Waals surface area contributed by atoms with E-state index in [0.717, 1.165) is 0 Å². The maximum Gasteiger partial charge on any atom is 0.324 e. The highest BCUT2D eigenvalue weighted by molar-refractivity contribution is 5.94. The molecular weight excluding hydrogens is 288 g/mol. The Morgan fingerprint density at radius 2 is 2.05 bits per heavy atom. The van der Waals surface area contributed by atoms with E-state index in [1.807, 2.05) is 0 Å². The number of rotatable bonds is 4. The summed E-state index contributed by atoms with van der Waals surface area (Å²) in [5.74, 6) is 0.176. The molecule has 0 atom stereocenters. The van der Waals surface area contributed by atoms with Crippen molar-refractivity contribution < 1.29 is 22.4 Å². The van der Waals surface area contributed by atoms with Crippen LogP contribution < -0.4 is 11.1 Å². The van der Waals surface area contributed by atoms with E-state index in [2.05, 4.69) is 11.8 Å². The van der Waals surface area contributed by atoms with Gasteiger partial charge in [0.15, 0.2) is 0 Å². The van der Waals surface area contributed by atoms with Crippen molar-refractivity contribution >= 4 is 5.91 Å². The maximum absolute atomic E-state index is 12.7. The minimum Gasteiger partial charge on any atom is -0.346 e. The number of nitrogens with one attached hydrogen (secondary N) is 1. The van der Waals surface area contributed by atoms with E-state index in [-0.39, 0.29) is 12.1 Å². The largest absolute Gasteiger partial charge is 0.346 e. The molecular formula is C14H14F4N2O. The fourth-order valence-electron chi connectivity index (χ4n) is 1.52. The minimum absolute atomic E-state index is 0.0707. The third-order valence-electron chi connectivity index (χ3n) is 2.48. The second-order valence-electron chi connectivity index (χ2n) is 4.34. The van der Waals surface area contributed by atoms with Crippen LogP contribution in [-0.2, 0) is 0 Å². The van der Waals surface area contributed by atoms with Gasteiger partial charge in [0.2, 0.25) is 0 Å². The third kappa shape index (κ3) is 5.08. The number of alkyl halides is 4. The zero-order valence-electron chi connectivity index (χ0n) is 11.2. The summed E-state index contributed by atoms with van der Waals surface area (Å²) in [6.45, 7) is 0.398. The molecule has 0 heterocycles. The average Bonchev–Trinajstić information content (AvgIpc) is 2.41. The molecule has 0 saturated heterocycles. The summed E-state index contributed by atoms with van der Waals surface area (Å²) in [5.41, 5.74) is 6.48. The van der Waals surface area contributed by atoms with Gasteiger partial charge in [-0.3, -0.25) is 4.79 Å². The molecule has 0 spiro atoms. The first-order chi connectivity index (χ1) is 9.76. The van der Waals surface area contributed by atoms with E-state index in [0.29, 0.717) is 11.1 Å². The summed E-state index contributed by atoms with van der Waals surface area (Å²) in [7, 11) is 0. The molecule has 1 amide bonds. The van der Waals surface area contributed by atoms with Crippen molar-refractivity contribution in [3.63, 3.8) is 0 Å². The summed E-state index contributed by atoms with van der Waals surface area (Å²) >= 11 is 0. The topological polar surface area (TPSA) is 55.1 Å². The molecule has 0 radical (unpaired) electrons. The van der Waals surface area contributed by atoms with E-state index in [1.165, 1.54) is 12.1 Å². The van der Waals surface area contributed by atoms with E-state index in [1.54, 1.807) is 18.3 Å². The number of aryl methyl sites for hydroxylation is 1. The molecule has 7 heteroatoms. The van der Waals surface area contributed by atoms with Crippen molar-refractivity contribution in [2.24, 2.45) is 5.73 Å². The Hall–Kier alpha value is -2.07. The van der Waals surface area contributed by atoms with Gasteiger partial charge in [-0.1, -0.05) is 11.8 Å². The van der Waals surface area contributed by atoms with E-state index < -0.39 is 24.8 Å². The summed E-state index contributed by atoms with van der Waals surface area (Å²) < 4.78 is 49.5. The van der Waals surface area contributed by atoms with Crippen LogP contribution in [0.5, 0.6) is 0 Å². The Bertz CT molecular complexity index is 576. The molecule has 0 aliphatic carbocycles. The fourth-order valence-corrected chi connectivity index (χ4v) is 1.52. The fraction of sp³-hybridized carbons (Fsp3) is 0.357. The van der Waals surface area contributed by atoms with Crippen LogP contribution in [0.25, 0.3) is 0 Å². The van der Waals surface area contributed by atoms with Crippen LogP contribution in [0.2, 0.25) is 0 Å². The molecule has 1 aromatic carbocycles. The highest BCUT2D eigenvalue weighted by Crippen LogP contribution is 2.21. The first-order valence-electron chi connectivity index (χ1n) is 6.01. The van der Waals surface area contributed by atoms with Gasteiger partial charge < -0.3 is 11.1 Å². The zero-order chi connectivity index (χ0) is 16.0. The second-order valence-corrected chi connectivity index (χ2v) is 4.34. The summed E-state index contributed by atoms with van der Waals surface area (Å²) in [4.78, 5) is 11.7. The number of carbonyl (C=O) groups excluding carboxylic acids is 1. The molecule has 0 saturated carbocycles. The van der Waals surface area contributed by atoms with Crippen LogP contribution in [0.4, 0.5) is 17.6 Å². The Morgan fingerprint density at radius 3 is 2.62 bits per heavy atom. The molecule has 3 N–H and O–H groups in total. The minimum atomic E-state index is -4.26. The van der Waals surface area contributed by atoms with Crippen LogP contribution in [0.1, 0.15) is 21.5 Å². The molecule has 0 aliphatic rings. The number of halogens is 4. The van der Waals surface area contributed by atoms with Gasteiger partial charge in [-0.05, 0) is 30.7 Å². The number of nitrogens with two attached hydrogens (primary N) is 1. The van der Waals surface area contributed by atoms with Gasteiger partial charge in [-0.15, -0.1) is 0 Å². The first kappa shape index (κ1) is 17.0. The van der Waals surface area contributed by atoms with E-state index in [9.17, 15) is 22.4 Å². The quantitative estimate of drug-likeness (QED) is 0.659. The smallest absolute Gasteiger partial charge is 0.324 e. The van der Waals surface area contributed by atoms with Crippen molar-refractivity contribution in [3.05, 3.63) is 34.9 Å². The number of hydrogen-bond acceptors (Lipinski definition) is 2. The molecule has 1 aromatic rings. The normalized spacial score (nSPS) is 11.0. The van der Waals surface area contributed by atoms with Gasteiger partial charge in [-0.25, -0.2) is 8.78 Å². The number of amides is 1. The molecule has 0 unspecified atom stereocenters. The predicted octanol–water partition coefficient (Wildman–Crippen LogP) is 1.94. The lowest BCUT2D eigenvalue weighted by molar-refractivity contribution is -0.123. The van der Waals surface area contributed by atoms with E-state index in [4.69, 9.17) is 5.73 Å². The molecule has 0 aromatic heterocycles. The van der Waals surface area contributed by atoms with Crippen molar-refractivity contribution in [1.82, 2.24) is 5.32 Å². The van der Waals surface area contributed by atoms with Crippen LogP contribution in [-0.4, -0.2) is 31.3 Å². The summed E-state index contributed by atoms with van der Waals surface area (Å²) in [6, 6.07) is 4.52. The molecule has 21 heavy (non-hydrogen) atoms. The van der Waals surface area contributed by atoms with Gasteiger partial charge in [0.05, 0.1) is 13.1 Å². The lowest BCUT2D eigenvalue weighted by Crippen LogP contribution is -2.41. The molecule has 0 bridgehead atoms. The molecule has 1 rings (SSSR count). The monoisotopic (exact) mass is 302 g/mol. The van der Waals surface area contributed by atoms with Gasteiger partial charge in [0.1, 0.15) is 0 Å². The van der Waals surface area contributed by atoms with Crippen LogP contribution in [0.3, 0.4) is 0 Å². The summed E-state index contributed by atoms with van der Waals surface area (Å²) in [6.07, 6.45) is -3.83. The van der Waals surface area contributed by atoms with Crippen molar-refractivity contribution in [3.8, 4) is 11.8 Å². The highest BCUT2D eigenvalue weighted by atomic mass is 19.3. The predicted molar refractivity (Wildman–Crippen MR) is 70.4 cm³/mol. The number of benzene rings is 1.